The molecule has 1 N–H and O–H groups in total. The van der Waals surface area contributed by atoms with Crippen molar-refractivity contribution < 1.29 is 24.4 Å². The number of aliphatic hydroxyl groups excluding tert-OH is 1. The number of aliphatic carboxylic acids is 1. The highest BCUT2D eigenvalue weighted by Gasteiger charge is 2.59. The van der Waals surface area contributed by atoms with E-state index in [9.17, 15) is 19.8 Å². The molecule has 1 fully saturated rings. The van der Waals surface area contributed by atoms with Crippen molar-refractivity contribution in [2.75, 3.05) is 6.26 Å². The lowest BCUT2D eigenvalue weighted by Gasteiger charge is -2.47. The number of hydrogen-bond acceptors (Lipinski definition) is 6. The summed E-state index contributed by atoms with van der Waals surface area (Å²) in [6.07, 6.45) is 5.15. The molecule has 9 heteroatoms. The van der Waals surface area contributed by atoms with Gasteiger partial charge < -0.3 is 19.9 Å². The molecule has 7 nitrogen and oxygen atoms in total. The number of hydrogen-bond donors (Lipinski definition) is 1. The first-order chi connectivity index (χ1) is 15.3. The Balaban J connectivity index is 1.57. The summed E-state index contributed by atoms with van der Waals surface area (Å²) in [7, 11) is 0. The number of imidazole rings is 1. The predicted octanol–water partition coefficient (Wildman–Crippen LogP) is 1.38. The van der Waals surface area contributed by atoms with Gasteiger partial charge in [0.15, 0.2) is 0 Å². The maximum absolute atomic E-state index is 12.6. The number of β-lactam (4-membered cyclic amide) rings is 1. The van der Waals surface area contributed by atoms with Crippen LogP contribution in [0, 0.1) is 11.8 Å². The third-order valence-electron chi connectivity index (χ3n) is 6.43. The maximum Gasteiger partial charge on any atom is 0.250 e. The van der Waals surface area contributed by atoms with Gasteiger partial charge in [-0.2, -0.15) is 4.40 Å². The molecule has 32 heavy (non-hydrogen) atoms. The van der Waals surface area contributed by atoms with Gasteiger partial charge in [-0.1, -0.05) is 60.4 Å². The van der Waals surface area contributed by atoms with Crippen molar-refractivity contribution in [3.05, 3.63) is 59.0 Å². The Hall–Kier alpha value is -2.62. The van der Waals surface area contributed by atoms with Gasteiger partial charge in [0.2, 0.25) is 15.8 Å². The summed E-state index contributed by atoms with van der Waals surface area (Å²) in [5.74, 6) is -2.50. The monoisotopic (exact) mass is 469 g/mol. The number of fused-ring (bicyclic) bond motifs is 2. The average Bonchev–Trinajstić information content (AvgIpc) is 3.35. The van der Waals surface area contributed by atoms with Crippen molar-refractivity contribution >= 4 is 45.4 Å². The minimum Gasteiger partial charge on any atom is -0.543 e. The largest absolute Gasteiger partial charge is 0.543 e. The Bertz CT molecular complexity index is 1260. The number of aliphatic hydroxyl groups is 1. The van der Waals surface area contributed by atoms with Gasteiger partial charge in [0, 0.05) is 11.5 Å². The van der Waals surface area contributed by atoms with E-state index in [1.807, 2.05) is 48.3 Å². The molecule has 0 aliphatic carbocycles. The van der Waals surface area contributed by atoms with Gasteiger partial charge in [0.25, 0.3) is 6.33 Å². The highest BCUT2D eigenvalue weighted by Crippen LogP contribution is 2.51. The summed E-state index contributed by atoms with van der Waals surface area (Å²) in [5, 5.41) is 23.2. The molecule has 2 aromatic heterocycles. The van der Waals surface area contributed by atoms with Gasteiger partial charge in [-0.15, -0.1) is 0 Å². The Labute approximate surface area is 193 Å². The second kappa shape index (κ2) is 7.75. The summed E-state index contributed by atoms with van der Waals surface area (Å²) < 4.78 is 4.20. The van der Waals surface area contributed by atoms with Gasteiger partial charge in [-0.3, -0.25) is 4.79 Å². The molecule has 0 saturated carbocycles. The van der Waals surface area contributed by atoms with Gasteiger partial charge >= 0.3 is 0 Å². The smallest absolute Gasteiger partial charge is 0.250 e. The van der Waals surface area contributed by atoms with Gasteiger partial charge in [0.1, 0.15) is 12.7 Å². The number of benzene rings is 1. The van der Waals surface area contributed by atoms with Crippen LogP contribution >= 0.6 is 23.1 Å². The number of amides is 1. The van der Waals surface area contributed by atoms with Crippen LogP contribution in [0.5, 0.6) is 0 Å². The van der Waals surface area contributed by atoms with Crippen LogP contribution in [0.2, 0.25) is 0 Å². The first kappa shape index (κ1) is 21.2. The fraction of sp³-hybridized carbons (Fsp3) is 0.348. The SMILES string of the molecule is CSc1c2sc(C3=C(C(=O)[O-])N4C(=O)[C@H]([C@@H](C)O)[C@H]4[C@H]3C)cn2c[n+]1Cc1ccccc1. The van der Waals surface area contributed by atoms with Crippen molar-refractivity contribution in [1.29, 1.82) is 0 Å². The Morgan fingerprint density at radius 3 is 2.69 bits per heavy atom. The summed E-state index contributed by atoms with van der Waals surface area (Å²) >= 11 is 3.16. The van der Waals surface area contributed by atoms with Crippen LogP contribution < -0.4 is 9.67 Å². The number of thiazole rings is 1. The summed E-state index contributed by atoms with van der Waals surface area (Å²) in [6.45, 7) is 4.24. The van der Waals surface area contributed by atoms with E-state index in [2.05, 4.69) is 16.7 Å². The van der Waals surface area contributed by atoms with Crippen LogP contribution in [-0.2, 0) is 16.1 Å². The Kier molecular flexibility index (Phi) is 5.15. The summed E-state index contributed by atoms with van der Waals surface area (Å²) in [5.41, 5.74) is 1.75. The van der Waals surface area contributed by atoms with E-state index in [1.54, 1.807) is 18.7 Å². The summed E-state index contributed by atoms with van der Waals surface area (Å²) in [6, 6.07) is 9.86. The van der Waals surface area contributed by atoms with Crippen molar-refractivity contribution in [2.24, 2.45) is 11.8 Å². The van der Waals surface area contributed by atoms with E-state index in [1.165, 1.54) is 21.8 Å². The Morgan fingerprint density at radius 2 is 2.06 bits per heavy atom. The zero-order valence-electron chi connectivity index (χ0n) is 17.9. The van der Waals surface area contributed by atoms with E-state index in [4.69, 9.17) is 0 Å². The molecular weight excluding hydrogens is 446 g/mol. The number of carbonyl (C=O) groups excluding carboxylic acids is 2. The van der Waals surface area contributed by atoms with Gasteiger partial charge in [-0.05, 0) is 18.7 Å². The molecule has 0 spiro atoms. The normalized spacial score (nSPS) is 23.6. The molecule has 166 valence electrons. The molecule has 0 radical (unpaired) electrons. The highest BCUT2D eigenvalue weighted by molar-refractivity contribution is 7.98. The minimum absolute atomic E-state index is 0.0585. The molecule has 0 bridgehead atoms. The molecule has 3 aromatic rings. The first-order valence-electron chi connectivity index (χ1n) is 10.4. The second-order valence-electron chi connectivity index (χ2n) is 8.35. The van der Waals surface area contributed by atoms with E-state index < -0.39 is 18.0 Å². The van der Waals surface area contributed by atoms with E-state index in [0.717, 1.165) is 21.3 Å². The number of aromatic nitrogens is 2. The molecule has 4 atom stereocenters. The highest BCUT2D eigenvalue weighted by atomic mass is 32.2. The van der Waals surface area contributed by atoms with Crippen LogP contribution in [0.1, 0.15) is 24.3 Å². The van der Waals surface area contributed by atoms with E-state index in [-0.39, 0.29) is 23.6 Å². The van der Waals surface area contributed by atoms with Gasteiger partial charge in [-0.25, -0.2) is 4.57 Å². The van der Waals surface area contributed by atoms with Crippen LogP contribution in [-0.4, -0.2) is 44.7 Å². The number of carboxylic acids is 1. The lowest BCUT2D eigenvalue weighted by molar-refractivity contribution is -0.721. The van der Waals surface area contributed by atoms with Crippen LogP contribution in [0.15, 0.2) is 53.6 Å². The quantitative estimate of drug-likeness (QED) is 0.335. The molecule has 2 aliphatic rings. The molecule has 4 heterocycles. The zero-order valence-corrected chi connectivity index (χ0v) is 19.5. The first-order valence-corrected chi connectivity index (χ1v) is 12.5. The zero-order chi connectivity index (χ0) is 22.7. The maximum atomic E-state index is 12.6. The number of rotatable bonds is 6. The molecule has 1 aromatic carbocycles. The predicted molar refractivity (Wildman–Crippen MR) is 120 cm³/mol. The molecule has 5 rings (SSSR count). The lowest BCUT2D eigenvalue weighted by atomic mass is 9.77. The standard InChI is InChI=1S/C23H23N3O4S2/c1-12-16(19(23(29)30)26-18(12)17(13(2)27)20(26)28)15-10-25-11-24(21(31-3)22(25)32-15)9-14-7-5-4-6-8-14/h4-8,10-13,17-18,27H,9H2,1-3H3/t12-,13+,17+,18+/m0/s1. The molecule has 1 amide bonds. The fourth-order valence-corrected chi connectivity index (χ4v) is 7.22. The second-order valence-corrected chi connectivity index (χ2v) is 10.2. The molecular formula is C23H23N3O4S2. The third-order valence-corrected chi connectivity index (χ3v) is 8.51. The van der Waals surface area contributed by atoms with Crippen LogP contribution in [0.4, 0.5) is 0 Å². The van der Waals surface area contributed by atoms with E-state index >= 15 is 0 Å². The third kappa shape index (κ3) is 3.02. The average molecular weight is 470 g/mol. The van der Waals surface area contributed by atoms with Crippen molar-refractivity contribution in [3.8, 4) is 0 Å². The van der Waals surface area contributed by atoms with E-state index in [0.29, 0.717) is 5.57 Å². The number of carbonyl (C=O) groups is 2. The number of thioether (sulfide) groups is 1. The number of carboxylic acid groups (broad SMARTS) is 1. The lowest BCUT2D eigenvalue weighted by Crippen LogP contribution is -2.64. The molecule has 2 aliphatic heterocycles. The van der Waals surface area contributed by atoms with Gasteiger partial charge in [0.05, 0.1) is 34.6 Å². The van der Waals surface area contributed by atoms with Crippen molar-refractivity contribution in [2.45, 2.75) is 37.6 Å². The van der Waals surface area contributed by atoms with Crippen LogP contribution in [0.25, 0.3) is 10.4 Å². The minimum atomic E-state index is -1.35. The van der Waals surface area contributed by atoms with Crippen molar-refractivity contribution in [3.63, 3.8) is 0 Å². The molecule has 1 saturated heterocycles. The fourth-order valence-electron chi connectivity index (χ4n) is 5.04. The van der Waals surface area contributed by atoms with Crippen LogP contribution in [0.3, 0.4) is 0 Å². The number of nitrogens with zero attached hydrogens (tertiary/aromatic N) is 3. The topological polar surface area (TPSA) is 89.0 Å². The Morgan fingerprint density at radius 1 is 1.34 bits per heavy atom. The molecule has 0 unspecified atom stereocenters. The van der Waals surface area contributed by atoms with Crippen molar-refractivity contribution in [1.82, 2.24) is 9.30 Å². The summed E-state index contributed by atoms with van der Waals surface area (Å²) in [4.78, 5) is 27.8.